The van der Waals surface area contributed by atoms with Crippen molar-refractivity contribution in [1.82, 2.24) is 10.4 Å². The van der Waals surface area contributed by atoms with Gasteiger partial charge in [0.05, 0.1) is 20.8 Å². The molecule has 2 rings (SSSR count). The van der Waals surface area contributed by atoms with Gasteiger partial charge in [-0.25, -0.2) is 5.01 Å². The van der Waals surface area contributed by atoms with Crippen molar-refractivity contribution in [3.8, 4) is 11.5 Å². The quantitative estimate of drug-likeness (QED) is 0.830. The van der Waals surface area contributed by atoms with Gasteiger partial charge in [0.2, 0.25) is 5.91 Å². The maximum absolute atomic E-state index is 12.4. The summed E-state index contributed by atoms with van der Waals surface area (Å²) < 4.78 is 10.6. The number of carbonyl (C=O) groups excluding carboxylic acids is 2. The molecule has 6 heteroatoms. The number of nitrogens with zero attached hydrogens (tertiary/aromatic N) is 1. The molecule has 1 heterocycles. The van der Waals surface area contributed by atoms with Crippen LogP contribution in [0.25, 0.3) is 0 Å². The van der Waals surface area contributed by atoms with Crippen molar-refractivity contribution >= 4 is 11.8 Å². The summed E-state index contributed by atoms with van der Waals surface area (Å²) in [6.45, 7) is 4.06. The van der Waals surface area contributed by atoms with E-state index in [-0.39, 0.29) is 11.8 Å². The number of benzene rings is 1. The van der Waals surface area contributed by atoms with Crippen molar-refractivity contribution in [3.05, 3.63) is 35.9 Å². The van der Waals surface area contributed by atoms with Gasteiger partial charge in [-0.1, -0.05) is 6.08 Å². The van der Waals surface area contributed by atoms with Gasteiger partial charge in [-0.15, -0.1) is 6.58 Å². The van der Waals surface area contributed by atoms with E-state index in [0.717, 1.165) is 5.56 Å². The number of nitrogens with one attached hydrogen (secondary N) is 1. The molecule has 0 radical (unpaired) electrons. The topological polar surface area (TPSA) is 67.9 Å². The molecule has 1 N–H and O–H groups in total. The van der Waals surface area contributed by atoms with E-state index < -0.39 is 0 Å². The Bertz CT molecular complexity index is 583. The standard InChI is InChI=1S/C15H18N2O4/c1-4-5-10-8-11(9-12(20-2)14(10)21-3)15(19)17-7-6-13(18)16-17/h4,8-9H,1,5-7H2,2-3H3,(H,16,18). The van der Waals surface area contributed by atoms with Gasteiger partial charge in [-0.3, -0.25) is 15.0 Å². The van der Waals surface area contributed by atoms with Crippen LogP contribution in [-0.4, -0.2) is 37.6 Å². The Morgan fingerprint density at radius 2 is 2.19 bits per heavy atom. The lowest BCUT2D eigenvalue weighted by molar-refractivity contribution is -0.120. The first kappa shape index (κ1) is 14.9. The van der Waals surface area contributed by atoms with E-state index in [9.17, 15) is 9.59 Å². The molecule has 0 aromatic heterocycles. The third-order valence-corrected chi connectivity index (χ3v) is 3.23. The highest BCUT2D eigenvalue weighted by Crippen LogP contribution is 2.33. The van der Waals surface area contributed by atoms with Crippen LogP contribution < -0.4 is 14.9 Å². The van der Waals surface area contributed by atoms with E-state index in [1.807, 2.05) is 0 Å². The number of ether oxygens (including phenoxy) is 2. The zero-order valence-corrected chi connectivity index (χ0v) is 12.1. The van der Waals surface area contributed by atoms with Crippen molar-refractivity contribution in [2.45, 2.75) is 12.8 Å². The summed E-state index contributed by atoms with van der Waals surface area (Å²) >= 11 is 0. The molecule has 6 nitrogen and oxygen atoms in total. The van der Waals surface area contributed by atoms with Crippen LogP contribution in [0.1, 0.15) is 22.3 Å². The summed E-state index contributed by atoms with van der Waals surface area (Å²) in [7, 11) is 3.06. The van der Waals surface area contributed by atoms with Crippen molar-refractivity contribution in [3.63, 3.8) is 0 Å². The summed E-state index contributed by atoms with van der Waals surface area (Å²) in [5.41, 5.74) is 3.77. The van der Waals surface area contributed by atoms with Gasteiger partial charge < -0.3 is 9.47 Å². The average molecular weight is 290 g/mol. The Hall–Kier alpha value is -2.50. The Balaban J connectivity index is 2.39. The molecular formula is C15H18N2O4. The molecule has 0 spiro atoms. The van der Waals surface area contributed by atoms with Gasteiger partial charge in [0.15, 0.2) is 11.5 Å². The number of hydrogen-bond acceptors (Lipinski definition) is 4. The molecule has 1 aliphatic heterocycles. The van der Waals surface area contributed by atoms with Crippen LogP contribution >= 0.6 is 0 Å². The number of hydrazine groups is 1. The zero-order valence-electron chi connectivity index (χ0n) is 12.1. The smallest absolute Gasteiger partial charge is 0.272 e. The lowest BCUT2D eigenvalue weighted by Crippen LogP contribution is -2.38. The van der Waals surface area contributed by atoms with Crippen molar-refractivity contribution in [2.24, 2.45) is 0 Å². The van der Waals surface area contributed by atoms with Crippen LogP contribution in [0.15, 0.2) is 24.8 Å². The van der Waals surface area contributed by atoms with Crippen LogP contribution in [0, 0.1) is 0 Å². The lowest BCUT2D eigenvalue weighted by Gasteiger charge is -2.18. The van der Waals surface area contributed by atoms with Crippen LogP contribution in [-0.2, 0) is 11.2 Å². The number of rotatable bonds is 5. The molecule has 1 aromatic rings. The Morgan fingerprint density at radius 3 is 2.71 bits per heavy atom. The SMILES string of the molecule is C=CCc1cc(C(=O)N2CCC(=O)N2)cc(OC)c1OC. The molecule has 1 saturated heterocycles. The fraction of sp³-hybridized carbons (Fsp3) is 0.333. The van der Waals surface area contributed by atoms with Gasteiger partial charge in [-0.05, 0) is 18.6 Å². The fourth-order valence-corrected chi connectivity index (χ4v) is 2.26. The van der Waals surface area contributed by atoms with E-state index in [0.29, 0.717) is 36.4 Å². The van der Waals surface area contributed by atoms with Crippen LogP contribution in [0.5, 0.6) is 11.5 Å². The third kappa shape index (κ3) is 2.99. The maximum atomic E-state index is 12.4. The maximum Gasteiger partial charge on any atom is 0.272 e. The largest absolute Gasteiger partial charge is 0.493 e. The van der Waals surface area contributed by atoms with Crippen molar-refractivity contribution in [1.29, 1.82) is 0 Å². The van der Waals surface area contributed by atoms with E-state index in [2.05, 4.69) is 12.0 Å². The van der Waals surface area contributed by atoms with Crippen molar-refractivity contribution < 1.29 is 19.1 Å². The summed E-state index contributed by atoms with van der Waals surface area (Å²) in [6, 6.07) is 3.34. The normalized spacial score (nSPS) is 13.8. The molecule has 0 bridgehead atoms. The van der Waals surface area contributed by atoms with Crippen LogP contribution in [0.2, 0.25) is 0 Å². The van der Waals surface area contributed by atoms with E-state index in [4.69, 9.17) is 9.47 Å². The predicted octanol–water partition coefficient (Wildman–Crippen LogP) is 1.31. The minimum Gasteiger partial charge on any atom is -0.493 e. The van der Waals surface area contributed by atoms with Gasteiger partial charge in [0.1, 0.15) is 0 Å². The Labute approximate surface area is 123 Å². The Morgan fingerprint density at radius 1 is 1.43 bits per heavy atom. The molecule has 21 heavy (non-hydrogen) atoms. The summed E-state index contributed by atoms with van der Waals surface area (Å²) in [5, 5.41) is 1.31. The highest BCUT2D eigenvalue weighted by molar-refractivity contribution is 5.97. The van der Waals surface area contributed by atoms with E-state index in [1.54, 1.807) is 25.3 Å². The first-order chi connectivity index (χ1) is 10.1. The highest BCUT2D eigenvalue weighted by Gasteiger charge is 2.26. The molecule has 0 saturated carbocycles. The molecule has 0 atom stereocenters. The first-order valence-electron chi connectivity index (χ1n) is 6.57. The minimum atomic E-state index is -0.271. The molecule has 1 fully saturated rings. The lowest BCUT2D eigenvalue weighted by atomic mass is 10.0. The average Bonchev–Trinajstić information content (AvgIpc) is 2.92. The second-order valence-corrected chi connectivity index (χ2v) is 4.61. The zero-order chi connectivity index (χ0) is 15.4. The number of carbonyl (C=O) groups is 2. The molecule has 0 unspecified atom stereocenters. The van der Waals surface area contributed by atoms with Crippen LogP contribution in [0.3, 0.4) is 0 Å². The summed E-state index contributed by atoms with van der Waals surface area (Å²) in [4.78, 5) is 23.6. The van der Waals surface area contributed by atoms with Gasteiger partial charge in [0, 0.05) is 17.5 Å². The molecule has 2 amide bonds. The molecule has 1 aromatic carbocycles. The van der Waals surface area contributed by atoms with Gasteiger partial charge in [0.25, 0.3) is 5.91 Å². The molecular weight excluding hydrogens is 272 g/mol. The fourth-order valence-electron chi connectivity index (χ4n) is 2.26. The summed E-state index contributed by atoms with van der Waals surface area (Å²) in [6.07, 6.45) is 2.59. The minimum absolute atomic E-state index is 0.157. The number of hydrogen-bond donors (Lipinski definition) is 1. The Kier molecular flexibility index (Phi) is 4.47. The molecule has 0 aliphatic carbocycles. The highest BCUT2D eigenvalue weighted by atomic mass is 16.5. The first-order valence-corrected chi connectivity index (χ1v) is 6.57. The van der Waals surface area contributed by atoms with Crippen molar-refractivity contribution in [2.75, 3.05) is 20.8 Å². The van der Waals surface area contributed by atoms with E-state index in [1.165, 1.54) is 12.1 Å². The number of allylic oxidation sites excluding steroid dienone is 1. The van der Waals surface area contributed by atoms with Gasteiger partial charge >= 0.3 is 0 Å². The third-order valence-electron chi connectivity index (χ3n) is 3.23. The summed E-state index contributed by atoms with van der Waals surface area (Å²) in [5.74, 6) is 0.632. The second kappa shape index (κ2) is 6.30. The molecule has 1 aliphatic rings. The van der Waals surface area contributed by atoms with Crippen LogP contribution in [0.4, 0.5) is 0 Å². The van der Waals surface area contributed by atoms with E-state index >= 15 is 0 Å². The van der Waals surface area contributed by atoms with Gasteiger partial charge in [-0.2, -0.15) is 0 Å². The number of methoxy groups -OCH3 is 2. The molecule has 112 valence electrons. The monoisotopic (exact) mass is 290 g/mol. The number of amides is 2. The second-order valence-electron chi connectivity index (χ2n) is 4.61. The predicted molar refractivity (Wildman–Crippen MR) is 77.2 cm³/mol.